The molecule has 2 aromatic carbocycles. The second-order valence-electron chi connectivity index (χ2n) is 7.76. The van der Waals surface area contributed by atoms with Crippen molar-refractivity contribution >= 4 is 28.8 Å². The molecular weight excluding hydrogens is 423 g/mol. The van der Waals surface area contributed by atoms with Gasteiger partial charge in [0.05, 0.1) is 30.2 Å². The predicted molar refractivity (Wildman–Crippen MR) is 130 cm³/mol. The molecule has 0 aliphatic carbocycles. The Morgan fingerprint density at radius 2 is 1.78 bits per heavy atom. The van der Waals surface area contributed by atoms with Crippen LogP contribution in [0, 0.1) is 26.6 Å². The molecule has 0 fully saturated rings. The number of nitrogens with one attached hydrogen (secondary N) is 2. The van der Waals surface area contributed by atoms with Crippen molar-refractivity contribution in [1.29, 1.82) is 0 Å². The van der Waals surface area contributed by atoms with Crippen molar-refractivity contribution < 1.29 is 4.39 Å². The third kappa shape index (κ3) is 5.03. The minimum absolute atomic E-state index is 0.247. The number of anilines is 2. The van der Waals surface area contributed by atoms with Gasteiger partial charge in [-0.25, -0.2) is 4.39 Å². The maximum Gasteiger partial charge on any atom is 0.176 e. The van der Waals surface area contributed by atoms with Crippen LogP contribution in [0.4, 0.5) is 15.9 Å². The summed E-state index contributed by atoms with van der Waals surface area (Å²) in [6, 6.07) is 16.9. The van der Waals surface area contributed by atoms with Gasteiger partial charge in [0.2, 0.25) is 0 Å². The normalized spacial score (nSPS) is 10.9. The highest BCUT2D eigenvalue weighted by Gasteiger charge is 2.14. The Balaban J connectivity index is 1.41. The molecule has 0 saturated heterocycles. The van der Waals surface area contributed by atoms with Gasteiger partial charge in [-0.2, -0.15) is 10.2 Å². The van der Waals surface area contributed by atoms with Gasteiger partial charge >= 0.3 is 0 Å². The predicted octanol–water partition coefficient (Wildman–Crippen LogP) is 5.05. The van der Waals surface area contributed by atoms with E-state index in [1.165, 1.54) is 17.2 Å². The molecule has 0 aliphatic heterocycles. The van der Waals surface area contributed by atoms with Crippen molar-refractivity contribution in [2.75, 3.05) is 10.6 Å². The molecule has 8 heteroatoms. The van der Waals surface area contributed by atoms with Crippen molar-refractivity contribution in [2.24, 2.45) is 0 Å². The molecule has 2 N–H and O–H groups in total. The molecule has 32 heavy (non-hydrogen) atoms. The van der Waals surface area contributed by atoms with E-state index in [0.717, 1.165) is 17.1 Å². The number of aryl methyl sites for hydroxylation is 2. The van der Waals surface area contributed by atoms with Crippen molar-refractivity contribution in [3.05, 3.63) is 94.7 Å². The Hall–Kier alpha value is -3.52. The van der Waals surface area contributed by atoms with Gasteiger partial charge in [-0.1, -0.05) is 48.0 Å². The molecule has 4 rings (SSSR count). The van der Waals surface area contributed by atoms with Crippen LogP contribution >= 0.6 is 12.2 Å². The van der Waals surface area contributed by atoms with E-state index in [1.807, 2.05) is 24.6 Å². The van der Waals surface area contributed by atoms with E-state index in [-0.39, 0.29) is 5.82 Å². The van der Waals surface area contributed by atoms with Crippen molar-refractivity contribution in [3.8, 4) is 0 Å². The van der Waals surface area contributed by atoms with E-state index >= 15 is 0 Å². The van der Waals surface area contributed by atoms with E-state index < -0.39 is 0 Å². The lowest BCUT2D eigenvalue weighted by Gasteiger charge is -2.10. The Morgan fingerprint density at radius 1 is 0.969 bits per heavy atom. The number of nitrogens with zero attached hydrogens (tertiary/aromatic N) is 4. The van der Waals surface area contributed by atoms with Crippen LogP contribution in [0.1, 0.15) is 28.1 Å². The van der Waals surface area contributed by atoms with E-state index in [0.29, 0.717) is 29.6 Å². The summed E-state index contributed by atoms with van der Waals surface area (Å²) in [6.45, 7) is 7.09. The van der Waals surface area contributed by atoms with Gasteiger partial charge in [-0.15, -0.1) is 0 Å². The molecule has 0 aliphatic rings. The van der Waals surface area contributed by atoms with Gasteiger partial charge in [0, 0.05) is 17.8 Å². The fourth-order valence-electron chi connectivity index (χ4n) is 3.59. The van der Waals surface area contributed by atoms with Crippen LogP contribution in [-0.4, -0.2) is 24.7 Å². The maximum atomic E-state index is 13.9. The van der Waals surface area contributed by atoms with Crippen LogP contribution in [-0.2, 0) is 13.1 Å². The van der Waals surface area contributed by atoms with Gasteiger partial charge in [-0.3, -0.25) is 9.36 Å². The van der Waals surface area contributed by atoms with Crippen LogP contribution in [0.15, 0.2) is 60.8 Å². The van der Waals surface area contributed by atoms with E-state index in [9.17, 15) is 4.39 Å². The van der Waals surface area contributed by atoms with Gasteiger partial charge in [-0.05, 0) is 44.6 Å². The van der Waals surface area contributed by atoms with Crippen LogP contribution in [0.25, 0.3) is 0 Å². The van der Waals surface area contributed by atoms with Crippen LogP contribution in [0.3, 0.4) is 0 Å². The summed E-state index contributed by atoms with van der Waals surface area (Å²) in [6.07, 6.45) is 1.79. The summed E-state index contributed by atoms with van der Waals surface area (Å²) in [4.78, 5) is 0. The standard InChI is InChI=1S/C24H25FN6S/c1-16-7-6-8-19(13-16)14-31-18(3)23(17(2)28-31)27-24(32)26-22-11-12-30(29-22)15-20-9-4-5-10-21(20)25/h4-13H,14-15H2,1-3H3,(H2,26,27,29,32). The average Bonchev–Trinajstić information content (AvgIpc) is 3.29. The molecule has 0 spiro atoms. The number of rotatable bonds is 6. The van der Waals surface area contributed by atoms with E-state index in [1.54, 1.807) is 29.1 Å². The third-order valence-corrected chi connectivity index (χ3v) is 5.41. The number of hydrogen-bond acceptors (Lipinski definition) is 3. The van der Waals surface area contributed by atoms with Gasteiger partial charge in [0.1, 0.15) is 5.82 Å². The Bertz CT molecular complexity index is 1260. The molecule has 0 unspecified atom stereocenters. The second-order valence-corrected chi connectivity index (χ2v) is 8.17. The molecule has 164 valence electrons. The summed E-state index contributed by atoms with van der Waals surface area (Å²) in [5.41, 5.74) is 5.74. The molecule has 0 atom stereocenters. The molecule has 0 saturated carbocycles. The van der Waals surface area contributed by atoms with Gasteiger partial charge in [0.25, 0.3) is 0 Å². The highest BCUT2D eigenvalue weighted by atomic mass is 32.1. The first-order valence-electron chi connectivity index (χ1n) is 10.3. The smallest absolute Gasteiger partial charge is 0.176 e. The van der Waals surface area contributed by atoms with Crippen molar-refractivity contribution in [3.63, 3.8) is 0 Å². The lowest BCUT2D eigenvalue weighted by atomic mass is 10.1. The van der Waals surface area contributed by atoms with Crippen LogP contribution in [0.2, 0.25) is 0 Å². The highest BCUT2D eigenvalue weighted by Crippen LogP contribution is 2.21. The Morgan fingerprint density at radius 3 is 2.56 bits per heavy atom. The number of thiocarbonyl (C=S) groups is 1. The molecular formula is C24H25FN6S. The van der Waals surface area contributed by atoms with Crippen LogP contribution in [0.5, 0.6) is 0 Å². The number of halogens is 1. The first-order valence-corrected chi connectivity index (χ1v) is 10.7. The Kier molecular flexibility index (Phi) is 6.32. The lowest BCUT2D eigenvalue weighted by Crippen LogP contribution is -2.20. The number of hydrogen-bond donors (Lipinski definition) is 2. The summed E-state index contributed by atoms with van der Waals surface area (Å²) in [5.74, 6) is 0.338. The largest absolute Gasteiger partial charge is 0.329 e. The monoisotopic (exact) mass is 448 g/mol. The Labute approximate surface area is 192 Å². The summed E-state index contributed by atoms with van der Waals surface area (Å²) >= 11 is 5.48. The fourth-order valence-corrected chi connectivity index (χ4v) is 3.80. The van der Waals surface area contributed by atoms with Crippen LogP contribution < -0.4 is 10.6 Å². The zero-order valence-corrected chi connectivity index (χ0v) is 19.1. The van der Waals surface area contributed by atoms with Crippen molar-refractivity contribution in [2.45, 2.75) is 33.9 Å². The topological polar surface area (TPSA) is 59.7 Å². The first kappa shape index (κ1) is 21.7. The maximum absolute atomic E-state index is 13.9. The van der Waals surface area contributed by atoms with E-state index in [4.69, 9.17) is 12.2 Å². The summed E-state index contributed by atoms with van der Waals surface area (Å²) in [5, 5.41) is 15.8. The minimum Gasteiger partial charge on any atom is -0.329 e. The average molecular weight is 449 g/mol. The second kappa shape index (κ2) is 9.32. The molecule has 0 amide bonds. The first-order chi connectivity index (χ1) is 15.4. The minimum atomic E-state index is -0.247. The van der Waals surface area contributed by atoms with Gasteiger partial charge < -0.3 is 10.6 Å². The van der Waals surface area contributed by atoms with Gasteiger partial charge in [0.15, 0.2) is 10.9 Å². The number of aromatic nitrogens is 4. The molecule has 0 bridgehead atoms. The lowest BCUT2D eigenvalue weighted by molar-refractivity contribution is 0.586. The zero-order chi connectivity index (χ0) is 22.7. The summed E-state index contributed by atoms with van der Waals surface area (Å²) in [7, 11) is 0. The third-order valence-electron chi connectivity index (χ3n) is 5.21. The molecule has 2 aromatic heterocycles. The summed E-state index contributed by atoms with van der Waals surface area (Å²) < 4.78 is 17.5. The quantitative estimate of drug-likeness (QED) is 0.404. The van der Waals surface area contributed by atoms with Crippen molar-refractivity contribution in [1.82, 2.24) is 19.6 Å². The molecule has 2 heterocycles. The fraction of sp³-hybridized carbons (Fsp3) is 0.208. The molecule has 0 radical (unpaired) electrons. The molecule has 6 nitrogen and oxygen atoms in total. The highest BCUT2D eigenvalue weighted by molar-refractivity contribution is 7.80. The van der Waals surface area contributed by atoms with E-state index in [2.05, 4.69) is 52.0 Å². The zero-order valence-electron chi connectivity index (χ0n) is 18.3. The SMILES string of the molecule is Cc1cccc(Cn2nc(C)c(NC(=S)Nc3ccn(Cc4ccccc4F)n3)c2C)c1. The number of benzene rings is 2. The molecule has 4 aromatic rings.